The van der Waals surface area contributed by atoms with Crippen LogP contribution in [0.5, 0.6) is 5.75 Å². The molecule has 3 aromatic rings. The number of thiazole rings is 1. The van der Waals surface area contributed by atoms with Gasteiger partial charge in [-0.3, -0.25) is 14.5 Å². The van der Waals surface area contributed by atoms with E-state index in [9.17, 15) is 9.59 Å². The minimum atomic E-state index is -0.723. The fourth-order valence-corrected chi connectivity index (χ4v) is 4.41. The van der Waals surface area contributed by atoms with Crippen LogP contribution in [-0.2, 0) is 4.74 Å². The van der Waals surface area contributed by atoms with Crippen LogP contribution in [-0.4, -0.2) is 68.2 Å². The Morgan fingerprint density at radius 3 is 2.43 bits per heavy atom. The molecule has 184 valence electrons. The molecule has 1 fully saturated rings. The lowest BCUT2D eigenvalue weighted by molar-refractivity contribution is 0.0398. The van der Waals surface area contributed by atoms with Crippen molar-refractivity contribution in [3.63, 3.8) is 0 Å². The number of amides is 2. The van der Waals surface area contributed by atoms with Gasteiger partial charge in [0.25, 0.3) is 11.8 Å². The monoisotopic (exact) mass is 496 g/mol. The number of aromatic nitrogens is 1. The first-order chi connectivity index (χ1) is 17.0. The number of primary amides is 1. The van der Waals surface area contributed by atoms with Crippen LogP contribution in [0.1, 0.15) is 20.8 Å². The van der Waals surface area contributed by atoms with Crippen LogP contribution < -0.4 is 26.4 Å². The standard InChI is InChI=1S/C24H28N6O4S/c1-33-19-8-6-18(7-9-19)27-24-28-20(21(25)31)23(35-24)29-22(32)16-2-4-17(5-3-16)26-10-11-30-12-14-34-15-13-30/h2-9,26H,10-15H2,1H3,(H2,25,31)(H,27,28)(H,29,32). The maximum Gasteiger partial charge on any atom is 0.270 e. The van der Waals surface area contributed by atoms with Crippen molar-refractivity contribution in [3.8, 4) is 5.75 Å². The Kier molecular flexibility index (Phi) is 8.14. The lowest BCUT2D eigenvalue weighted by Crippen LogP contribution is -2.39. The highest BCUT2D eigenvalue weighted by Gasteiger charge is 2.19. The number of carbonyl (C=O) groups excluding carboxylic acids is 2. The highest BCUT2D eigenvalue weighted by atomic mass is 32.1. The summed E-state index contributed by atoms with van der Waals surface area (Å²) in [6.45, 7) is 5.18. The molecule has 0 radical (unpaired) electrons. The van der Waals surface area contributed by atoms with Crippen LogP contribution in [0.25, 0.3) is 0 Å². The topological polar surface area (TPSA) is 131 Å². The van der Waals surface area contributed by atoms with E-state index in [2.05, 4.69) is 25.8 Å². The maximum atomic E-state index is 12.8. The first-order valence-electron chi connectivity index (χ1n) is 11.2. The number of ether oxygens (including phenoxy) is 2. The summed E-state index contributed by atoms with van der Waals surface area (Å²) in [4.78, 5) is 31.3. The normalized spacial score (nSPS) is 13.7. The Morgan fingerprint density at radius 2 is 1.77 bits per heavy atom. The van der Waals surface area contributed by atoms with E-state index >= 15 is 0 Å². The van der Waals surface area contributed by atoms with Gasteiger partial charge < -0.3 is 31.2 Å². The summed E-state index contributed by atoms with van der Waals surface area (Å²) in [6.07, 6.45) is 0. The largest absolute Gasteiger partial charge is 0.497 e. The molecule has 2 amide bonds. The van der Waals surface area contributed by atoms with Gasteiger partial charge in [-0.2, -0.15) is 0 Å². The van der Waals surface area contributed by atoms with Crippen LogP contribution >= 0.6 is 11.3 Å². The van der Waals surface area contributed by atoms with Gasteiger partial charge in [-0.25, -0.2) is 4.98 Å². The Morgan fingerprint density at radius 1 is 1.09 bits per heavy atom. The molecule has 0 unspecified atom stereocenters. The second-order valence-corrected chi connectivity index (χ2v) is 8.83. The van der Waals surface area contributed by atoms with Crippen LogP contribution in [0, 0.1) is 0 Å². The van der Waals surface area contributed by atoms with E-state index in [0.717, 1.165) is 67.9 Å². The minimum Gasteiger partial charge on any atom is -0.497 e. The molecular weight excluding hydrogens is 468 g/mol. The van der Waals surface area contributed by atoms with Crippen molar-refractivity contribution in [2.75, 3.05) is 62.5 Å². The van der Waals surface area contributed by atoms with Gasteiger partial charge >= 0.3 is 0 Å². The summed E-state index contributed by atoms with van der Waals surface area (Å²) < 4.78 is 10.5. The predicted molar refractivity (Wildman–Crippen MR) is 137 cm³/mol. The molecule has 1 saturated heterocycles. The van der Waals surface area contributed by atoms with E-state index in [1.807, 2.05) is 24.3 Å². The zero-order valence-corrected chi connectivity index (χ0v) is 20.2. The molecule has 1 aromatic heterocycles. The van der Waals surface area contributed by atoms with Gasteiger partial charge in [-0.1, -0.05) is 11.3 Å². The van der Waals surface area contributed by atoms with E-state index in [4.69, 9.17) is 15.2 Å². The first-order valence-corrected chi connectivity index (χ1v) is 12.0. The molecule has 10 nitrogen and oxygen atoms in total. The number of anilines is 4. The van der Waals surface area contributed by atoms with Gasteiger partial charge in [-0.05, 0) is 48.5 Å². The van der Waals surface area contributed by atoms with E-state index < -0.39 is 5.91 Å². The summed E-state index contributed by atoms with van der Waals surface area (Å²) >= 11 is 1.13. The Hall–Kier alpha value is -3.67. The molecule has 0 bridgehead atoms. The highest BCUT2D eigenvalue weighted by molar-refractivity contribution is 7.20. The second-order valence-electron chi connectivity index (χ2n) is 7.83. The third-order valence-electron chi connectivity index (χ3n) is 5.44. The van der Waals surface area contributed by atoms with E-state index in [-0.39, 0.29) is 16.6 Å². The molecule has 0 saturated carbocycles. The molecule has 2 heterocycles. The number of rotatable bonds is 10. The second kappa shape index (κ2) is 11.6. The lowest BCUT2D eigenvalue weighted by Gasteiger charge is -2.26. The Balaban J connectivity index is 1.35. The molecular formula is C24H28N6O4S. The predicted octanol–water partition coefficient (Wildman–Crippen LogP) is 2.99. The average molecular weight is 497 g/mol. The van der Waals surface area contributed by atoms with Gasteiger partial charge in [-0.15, -0.1) is 0 Å². The molecule has 1 aliphatic heterocycles. The quantitative estimate of drug-likeness (QED) is 0.337. The fraction of sp³-hybridized carbons (Fsp3) is 0.292. The van der Waals surface area contributed by atoms with Crippen molar-refractivity contribution < 1.29 is 19.1 Å². The molecule has 2 aromatic carbocycles. The van der Waals surface area contributed by atoms with E-state index in [1.54, 1.807) is 31.4 Å². The molecule has 5 N–H and O–H groups in total. The van der Waals surface area contributed by atoms with Crippen LogP contribution in [0.3, 0.4) is 0 Å². The molecule has 0 atom stereocenters. The smallest absolute Gasteiger partial charge is 0.270 e. The zero-order valence-electron chi connectivity index (χ0n) is 19.4. The van der Waals surface area contributed by atoms with Crippen molar-refractivity contribution in [2.24, 2.45) is 5.73 Å². The van der Waals surface area contributed by atoms with Gasteiger partial charge in [0.1, 0.15) is 10.8 Å². The van der Waals surface area contributed by atoms with Crippen LogP contribution in [0.4, 0.5) is 21.5 Å². The van der Waals surface area contributed by atoms with E-state index in [1.165, 1.54) is 0 Å². The number of nitrogens with two attached hydrogens (primary N) is 1. The number of methoxy groups -OCH3 is 1. The SMILES string of the molecule is COc1ccc(Nc2nc(C(N)=O)c(NC(=O)c3ccc(NCCN4CCOCC4)cc3)s2)cc1. The van der Waals surface area contributed by atoms with Crippen molar-refractivity contribution in [3.05, 3.63) is 59.8 Å². The summed E-state index contributed by atoms with van der Waals surface area (Å²) in [6, 6.07) is 14.4. The number of nitrogens with one attached hydrogen (secondary N) is 3. The number of hydrogen-bond donors (Lipinski definition) is 4. The Labute approximate surface area is 207 Å². The minimum absolute atomic E-state index is 0.000705. The lowest BCUT2D eigenvalue weighted by atomic mass is 10.2. The number of morpholine rings is 1. The van der Waals surface area contributed by atoms with Gasteiger partial charge in [0.2, 0.25) is 0 Å². The number of nitrogens with zero attached hydrogens (tertiary/aromatic N) is 2. The summed E-state index contributed by atoms with van der Waals surface area (Å²) in [5, 5.41) is 9.94. The fourth-order valence-electron chi connectivity index (χ4n) is 3.52. The van der Waals surface area contributed by atoms with Crippen LogP contribution in [0.15, 0.2) is 48.5 Å². The number of benzene rings is 2. The van der Waals surface area contributed by atoms with Crippen LogP contribution in [0.2, 0.25) is 0 Å². The number of hydrogen-bond acceptors (Lipinski definition) is 9. The zero-order chi connectivity index (χ0) is 24.6. The summed E-state index contributed by atoms with van der Waals surface area (Å²) in [5.74, 6) is -0.357. The van der Waals surface area contributed by atoms with Gasteiger partial charge in [0, 0.05) is 43.1 Å². The van der Waals surface area contributed by atoms with Crippen molar-refractivity contribution in [1.29, 1.82) is 0 Å². The summed E-state index contributed by atoms with van der Waals surface area (Å²) in [5.41, 5.74) is 7.62. The van der Waals surface area contributed by atoms with Gasteiger partial charge in [0.05, 0.1) is 20.3 Å². The molecule has 1 aliphatic rings. The molecule has 35 heavy (non-hydrogen) atoms. The molecule has 4 rings (SSSR count). The third-order valence-corrected chi connectivity index (χ3v) is 6.32. The molecule has 11 heteroatoms. The number of carbonyl (C=O) groups is 2. The highest BCUT2D eigenvalue weighted by Crippen LogP contribution is 2.31. The molecule has 0 aliphatic carbocycles. The van der Waals surface area contributed by atoms with E-state index in [0.29, 0.717) is 10.7 Å². The maximum absolute atomic E-state index is 12.8. The third kappa shape index (κ3) is 6.69. The van der Waals surface area contributed by atoms with Crippen molar-refractivity contribution >= 4 is 44.7 Å². The van der Waals surface area contributed by atoms with Crippen molar-refractivity contribution in [2.45, 2.75) is 0 Å². The van der Waals surface area contributed by atoms with Crippen molar-refractivity contribution in [1.82, 2.24) is 9.88 Å². The average Bonchev–Trinajstić information content (AvgIpc) is 3.28. The molecule has 0 spiro atoms. The first kappa shape index (κ1) is 24.5. The Bertz CT molecular complexity index is 1140. The summed E-state index contributed by atoms with van der Waals surface area (Å²) in [7, 11) is 1.59. The van der Waals surface area contributed by atoms with Gasteiger partial charge in [0.15, 0.2) is 10.8 Å².